The van der Waals surface area contributed by atoms with E-state index in [-0.39, 0.29) is 23.3 Å². The van der Waals surface area contributed by atoms with Crippen molar-refractivity contribution < 1.29 is 9.90 Å². The predicted octanol–water partition coefficient (Wildman–Crippen LogP) is 2.91. The van der Waals surface area contributed by atoms with Gasteiger partial charge in [0.05, 0.1) is 12.9 Å². The molecule has 3 heteroatoms. The summed E-state index contributed by atoms with van der Waals surface area (Å²) in [5.41, 5.74) is 1.81. The first-order valence-corrected chi connectivity index (χ1v) is 8.52. The molecule has 0 saturated heterocycles. The van der Waals surface area contributed by atoms with Crippen molar-refractivity contribution in [3.63, 3.8) is 0 Å². The molecule has 2 aromatic carbocycles. The third-order valence-corrected chi connectivity index (χ3v) is 4.93. The minimum Gasteiger partial charge on any atom is -0.391 e. The van der Waals surface area contributed by atoms with Crippen molar-refractivity contribution in [1.82, 2.24) is 0 Å². The summed E-state index contributed by atoms with van der Waals surface area (Å²) in [6, 6.07) is 11.8. The van der Waals surface area contributed by atoms with Gasteiger partial charge in [-0.15, -0.1) is 0 Å². The van der Waals surface area contributed by atoms with Gasteiger partial charge in [0.15, 0.2) is 5.75 Å². The van der Waals surface area contributed by atoms with Gasteiger partial charge >= 0.3 is 0 Å². The molecule has 0 aliphatic carbocycles. The van der Waals surface area contributed by atoms with E-state index in [4.69, 9.17) is 5.11 Å². The summed E-state index contributed by atoms with van der Waals surface area (Å²) in [6.07, 6.45) is 3.83. The molecule has 104 valence electrons. The quantitative estimate of drug-likeness (QED) is 0.655. The zero-order valence-electron chi connectivity index (χ0n) is 11.6. The fraction of sp³-hybridized carbons (Fsp3) is 0.235. The van der Waals surface area contributed by atoms with Gasteiger partial charge in [-0.1, -0.05) is 43.0 Å². The van der Waals surface area contributed by atoms with Crippen LogP contribution in [0.5, 0.6) is 0 Å². The second-order valence-corrected chi connectivity index (χ2v) is 6.99. The molecule has 2 rings (SSSR count). The predicted molar refractivity (Wildman–Crippen MR) is 88.5 cm³/mol. The summed E-state index contributed by atoms with van der Waals surface area (Å²) in [7, 11) is -0.0704. The number of rotatable bonds is 6. The maximum absolute atomic E-state index is 12.4. The van der Waals surface area contributed by atoms with Crippen LogP contribution in [-0.2, 0) is 10.9 Å². The lowest BCUT2D eigenvalue weighted by molar-refractivity contribution is 0.102. The molecule has 0 amide bonds. The molecule has 0 aliphatic rings. The molecule has 0 aromatic heterocycles. The zero-order chi connectivity index (χ0) is 14.5. The Kier molecular flexibility index (Phi) is 4.99. The molecule has 20 heavy (non-hydrogen) atoms. The van der Waals surface area contributed by atoms with Gasteiger partial charge < -0.3 is 5.11 Å². The first-order chi connectivity index (χ1) is 9.67. The van der Waals surface area contributed by atoms with Crippen LogP contribution in [0.3, 0.4) is 0 Å². The van der Waals surface area contributed by atoms with Crippen LogP contribution in [0.1, 0.15) is 15.9 Å². The number of fused-ring (bicyclic) bond motifs is 1. The molecule has 0 spiro atoms. The molecule has 1 N–H and O–H groups in total. The van der Waals surface area contributed by atoms with E-state index < -0.39 is 0 Å². The van der Waals surface area contributed by atoms with Crippen molar-refractivity contribution in [3.05, 3.63) is 54.1 Å². The number of carbonyl (C=O) groups is 1. The first-order valence-electron chi connectivity index (χ1n) is 6.54. The van der Waals surface area contributed by atoms with Crippen molar-refractivity contribution in [2.24, 2.45) is 0 Å². The molecular weight excluding hydrogens is 268 g/mol. The maximum Gasteiger partial charge on any atom is 0.212 e. The van der Waals surface area contributed by atoms with Gasteiger partial charge in [0, 0.05) is 5.56 Å². The average Bonchev–Trinajstić information content (AvgIpc) is 2.46. The zero-order valence-corrected chi connectivity index (χ0v) is 12.5. The number of carbonyl (C=O) groups excluding carboxylic acids is 1. The van der Waals surface area contributed by atoms with Gasteiger partial charge in [-0.05, 0) is 33.3 Å². The Labute approximate surface area is 122 Å². The Balaban J connectivity index is 2.40. The highest BCUT2D eigenvalue weighted by Crippen LogP contribution is 2.24. The van der Waals surface area contributed by atoms with Crippen LogP contribution in [0.4, 0.5) is 0 Å². The van der Waals surface area contributed by atoms with Crippen molar-refractivity contribution >= 4 is 33.5 Å². The van der Waals surface area contributed by atoms with Crippen molar-refractivity contribution in [2.75, 3.05) is 24.4 Å². The normalized spacial score (nSPS) is 12.3. The monoisotopic (exact) mass is 287 g/mol. The Bertz CT molecular complexity index is 634. The van der Waals surface area contributed by atoms with Gasteiger partial charge in [-0.25, -0.2) is 0 Å². The Hall–Kier alpha value is -1.58. The number of aliphatic hydroxyl groups is 1. The average molecular weight is 287 g/mol. The van der Waals surface area contributed by atoms with Gasteiger partial charge in [-0.2, -0.15) is 0 Å². The summed E-state index contributed by atoms with van der Waals surface area (Å²) in [5, 5.41) is 11.0. The topological polar surface area (TPSA) is 37.3 Å². The molecule has 0 aliphatic heterocycles. The molecule has 1 unspecified atom stereocenters. The van der Waals surface area contributed by atoms with Gasteiger partial charge in [0.25, 0.3) is 0 Å². The molecule has 0 radical (unpaired) electrons. The van der Waals surface area contributed by atoms with Gasteiger partial charge in [-0.3, -0.25) is 4.79 Å². The van der Waals surface area contributed by atoms with Gasteiger partial charge in [0.2, 0.25) is 5.78 Å². The largest absolute Gasteiger partial charge is 0.391 e. The molecule has 0 fully saturated rings. The smallest absolute Gasteiger partial charge is 0.212 e. The Morgan fingerprint density at radius 2 is 1.95 bits per heavy atom. The summed E-state index contributed by atoms with van der Waals surface area (Å²) in [4.78, 5) is 12.4. The van der Waals surface area contributed by atoms with Gasteiger partial charge in [0.1, 0.15) is 5.75 Å². The van der Waals surface area contributed by atoms with Crippen LogP contribution in [0.15, 0.2) is 43.0 Å². The van der Waals surface area contributed by atoms with E-state index in [9.17, 15) is 4.79 Å². The van der Waals surface area contributed by atoms with Crippen molar-refractivity contribution in [1.29, 1.82) is 0 Å². The summed E-state index contributed by atoms with van der Waals surface area (Å²) >= 11 is 0. The third kappa shape index (κ3) is 3.11. The number of benzene rings is 2. The number of hydrogen-bond donors (Lipinski definition) is 1. The molecule has 0 bridgehead atoms. The number of ketones is 1. The molecular formula is C17H19O2S+. The number of hydrogen-bond acceptors (Lipinski definition) is 2. The van der Waals surface area contributed by atoms with E-state index in [1.165, 1.54) is 0 Å². The fourth-order valence-electron chi connectivity index (χ4n) is 2.27. The standard InChI is InChI=1S/C17H19O2S/c1-3-13-8-9-16(15-7-5-4-6-14(13)15)17(19)12-20(2)11-10-18/h3-9,18H,1,10-12H2,2H3/q+1. The van der Waals surface area contributed by atoms with E-state index in [1.54, 1.807) is 0 Å². The van der Waals surface area contributed by atoms with E-state index >= 15 is 0 Å². The minimum atomic E-state index is -0.0704. The van der Waals surface area contributed by atoms with E-state index in [0.29, 0.717) is 11.5 Å². The van der Waals surface area contributed by atoms with Crippen LogP contribution < -0.4 is 0 Å². The summed E-state index contributed by atoms with van der Waals surface area (Å²) < 4.78 is 0. The Morgan fingerprint density at radius 1 is 1.25 bits per heavy atom. The van der Waals surface area contributed by atoms with Crippen LogP contribution in [-0.4, -0.2) is 35.3 Å². The molecule has 2 aromatic rings. The first kappa shape index (κ1) is 14.8. The molecule has 2 nitrogen and oxygen atoms in total. The lowest BCUT2D eigenvalue weighted by atomic mass is 9.98. The molecule has 1 atom stereocenters. The van der Waals surface area contributed by atoms with E-state index in [0.717, 1.165) is 21.9 Å². The lowest BCUT2D eigenvalue weighted by Gasteiger charge is -2.08. The highest BCUT2D eigenvalue weighted by Gasteiger charge is 2.20. The number of Topliss-reactive ketones (excluding diaryl/α,β-unsaturated/α-hetero) is 1. The third-order valence-electron chi connectivity index (χ3n) is 3.30. The second-order valence-electron chi connectivity index (χ2n) is 4.73. The van der Waals surface area contributed by atoms with Crippen molar-refractivity contribution in [2.45, 2.75) is 0 Å². The molecule has 0 saturated carbocycles. The lowest BCUT2D eigenvalue weighted by Crippen LogP contribution is -2.20. The van der Waals surface area contributed by atoms with Crippen LogP contribution in [0.2, 0.25) is 0 Å². The Morgan fingerprint density at radius 3 is 2.60 bits per heavy atom. The highest BCUT2D eigenvalue weighted by atomic mass is 32.2. The van der Waals surface area contributed by atoms with E-state index in [2.05, 4.69) is 6.58 Å². The SMILES string of the molecule is C=Cc1ccc(C(=O)C[S+](C)CCO)c2ccccc12. The van der Waals surface area contributed by atoms with Crippen LogP contribution in [0.25, 0.3) is 16.8 Å². The highest BCUT2D eigenvalue weighted by molar-refractivity contribution is 7.96. The number of aliphatic hydroxyl groups excluding tert-OH is 1. The fourth-order valence-corrected chi connectivity index (χ4v) is 3.33. The van der Waals surface area contributed by atoms with Crippen LogP contribution in [0, 0.1) is 0 Å². The maximum atomic E-state index is 12.4. The minimum absolute atomic E-state index is 0.0704. The molecule has 0 heterocycles. The van der Waals surface area contributed by atoms with Crippen LogP contribution >= 0.6 is 0 Å². The summed E-state index contributed by atoms with van der Waals surface area (Å²) in [6.45, 7) is 3.96. The summed E-state index contributed by atoms with van der Waals surface area (Å²) in [5.74, 6) is 1.34. The van der Waals surface area contributed by atoms with E-state index in [1.807, 2.05) is 48.7 Å². The second kappa shape index (κ2) is 6.73. The van der Waals surface area contributed by atoms with Crippen molar-refractivity contribution in [3.8, 4) is 0 Å².